The lowest BCUT2D eigenvalue weighted by Gasteiger charge is -2.08. The number of hydrogen-bond donors (Lipinski definition) is 1. The molecule has 0 aliphatic rings. The molecule has 1 N–H and O–H groups in total. The van der Waals surface area contributed by atoms with Crippen LogP contribution in [0.15, 0.2) is 30.3 Å². The molecule has 0 unspecified atom stereocenters. The van der Waals surface area contributed by atoms with Gasteiger partial charge in [0, 0.05) is 10.2 Å². The fourth-order valence-corrected chi connectivity index (χ4v) is 1.02. The molecule has 0 fully saturated rings. The molecule has 0 bridgehead atoms. The fraction of sp³-hybridized carbons (Fsp3) is 0.400. The molecule has 0 aliphatic carbocycles. The van der Waals surface area contributed by atoms with E-state index >= 15 is 0 Å². The van der Waals surface area contributed by atoms with Gasteiger partial charge in [0.15, 0.2) is 0 Å². The Kier molecular flexibility index (Phi) is 3.49. The third kappa shape index (κ3) is 3.74. The first kappa shape index (κ1) is 6.93. The van der Waals surface area contributed by atoms with E-state index in [1.54, 1.807) is 0 Å². The molecule has 1 atom stereocenters. The van der Waals surface area contributed by atoms with Gasteiger partial charge in [0.25, 0.3) is 0 Å². The summed E-state index contributed by atoms with van der Waals surface area (Å²) in [7, 11) is 0. The van der Waals surface area contributed by atoms with Crippen molar-refractivity contribution in [1.29, 1.82) is 0 Å². The Morgan fingerprint density at radius 2 is 2.08 bits per heavy atom. The molecule has 0 amide bonds. The number of nitrogens with one attached hydrogen (secondary N) is 1. The van der Waals surface area contributed by atoms with Gasteiger partial charge in [-0.1, -0.05) is 30.3 Å². The van der Waals surface area contributed by atoms with Crippen LogP contribution in [-0.4, -0.2) is 13.0 Å². The number of rotatable bonds is 3. The summed E-state index contributed by atoms with van der Waals surface area (Å²) in [5.41, 5.74) is 1.15. The fourth-order valence-electron chi connectivity index (χ4n) is 1.02. The first-order valence-corrected chi connectivity index (χ1v) is 3.79. The van der Waals surface area contributed by atoms with Crippen molar-refractivity contribution >= 4 is 12.4 Å². The monoisotopic (exact) mass is 189 g/mol. The van der Waals surface area contributed by atoms with Crippen LogP contribution >= 0.6 is 12.4 Å². The summed E-state index contributed by atoms with van der Waals surface area (Å²) in [5, 5.41) is 2.57. The SMILES string of the molecule is Cl.[2H][13C]([2H])([2H])N[C@@H](C)Cc1ccccc1. The van der Waals surface area contributed by atoms with Crippen molar-refractivity contribution in [2.24, 2.45) is 0 Å². The Morgan fingerprint density at radius 1 is 1.42 bits per heavy atom. The van der Waals surface area contributed by atoms with Gasteiger partial charge in [-0.05, 0) is 25.9 Å². The first-order chi connectivity index (χ1) is 6.47. The molecule has 1 rings (SSSR count). The predicted molar refractivity (Wildman–Crippen MR) is 55.9 cm³/mol. The zero-order valence-corrected chi connectivity index (χ0v) is 7.90. The quantitative estimate of drug-likeness (QED) is 0.720. The molecular formula is C10H16ClN. The number of likely N-dealkylation sites (N-methyl/N-ethyl adjacent to an activating group) is 1. The molecule has 0 saturated heterocycles. The van der Waals surface area contributed by atoms with Gasteiger partial charge < -0.3 is 5.32 Å². The highest BCUT2D eigenvalue weighted by Gasteiger charge is 1.97. The van der Waals surface area contributed by atoms with Gasteiger partial charge in [-0.2, -0.15) is 0 Å². The lowest BCUT2D eigenvalue weighted by atomic mass is 10.1. The van der Waals surface area contributed by atoms with E-state index in [4.69, 9.17) is 4.11 Å². The van der Waals surface area contributed by atoms with Crippen molar-refractivity contribution in [3.05, 3.63) is 35.9 Å². The molecule has 0 aliphatic heterocycles. The van der Waals surface area contributed by atoms with Crippen LogP contribution in [0.1, 0.15) is 16.6 Å². The Hall–Kier alpha value is -0.530. The highest BCUT2D eigenvalue weighted by Crippen LogP contribution is 2.01. The summed E-state index contributed by atoms with van der Waals surface area (Å²) in [6.45, 7) is -0.173. The zero-order valence-electron chi connectivity index (χ0n) is 10.1. The average Bonchev–Trinajstić information content (AvgIpc) is 2.02. The second-order valence-electron chi connectivity index (χ2n) is 2.74. The van der Waals surface area contributed by atoms with Gasteiger partial charge in [0.05, 0.1) is 0 Å². The van der Waals surface area contributed by atoms with Crippen LogP contribution in [0.25, 0.3) is 0 Å². The lowest BCUT2D eigenvalue weighted by molar-refractivity contribution is 0.608. The van der Waals surface area contributed by atoms with E-state index < -0.39 is 6.98 Å². The molecular weight excluding hydrogens is 171 g/mol. The Morgan fingerprint density at radius 3 is 2.67 bits per heavy atom. The van der Waals surface area contributed by atoms with Gasteiger partial charge in [-0.3, -0.25) is 0 Å². The smallest absolute Gasteiger partial charge is 0.0391 e. The zero-order chi connectivity index (χ0) is 10.6. The minimum Gasteiger partial charge on any atom is -0.317 e. The Balaban J connectivity index is 0.00000196. The van der Waals surface area contributed by atoms with Crippen molar-refractivity contribution < 1.29 is 4.11 Å². The van der Waals surface area contributed by atoms with E-state index in [1.807, 2.05) is 37.3 Å². The average molecular weight is 190 g/mol. The minimum absolute atomic E-state index is 0. The van der Waals surface area contributed by atoms with Gasteiger partial charge >= 0.3 is 0 Å². The maximum absolute atomic E-state index is 7.05. The van der Waals surface area contributed by atoms with E-state index in [2.05, 4.69) is 5.32 Å². The standard InChI is InChI=1S/C10H15N.ClH/c1-9(11-2)8-10-6-4-3-5-7-10;/h3-7,9,11H,8H2,1-2H3;1H/t9-;/m0./s1/i2+1D3;. The predicted octanol–water partition coefficient (Wildman–Crippen LogP) is 2.26. The maximum atomic E-state index is 7.05. The molecule has 0 radical (unpaired) electrons. The van der Waals surface area contributed by atoms with Crippen molar-refractivity contribution in [2.75, 3.05) is 6.98 Å². The summed E-state index contributed by atoms with van der Waals surface area (Å²) >= 11 is 0. The third-order valence-corrected chi connectivity index (χ3v) is 1.63. The molecule has 12 heavy (non-hydrogen) atoms. The summed E-state index contributed by atoms with van der Waals surface area (Å²) in [6.07, 6.45) is 0.735. The topological polar surface area (TPSA) is 12.0 Å². The van der Waals surface area contributed by atoms with Gasteiger partial charge in [0.2, 0.25) is 0 Å². The van der Waals surface area contributed by atoms with Crippen LogP contribution in [0, 0.1) is 0 Å². The van der Waals surface area contributed by atoms with Crippen LogP contribution in [0.3, 0.4) is 0 Å². The normalized spacial score (nSPS) is 16.6. The molecule has 0 heterocycles. The van der Waals surface area contributed by atoms with Gasteiger partial charge in [-0.25, -0.2) is 0 Å². The Labute approximate surface area is 84.8 Å². The van der Waals surface area contributed by atoms with Crippen molar-refractivity contribution in [3.63, 3.8) is 0 Å². The van der Waals surface area contributed by atoms with Crippen LogP contribution < -0.4 is 5.32 Å². The molecule has 68 valence electrons. The van der Waals surface area contributed by atoms with Crippen LogP contribution in [0.4, 0.5) is 0 Å². The van der Waals surface area contributed by atoms with Crippen LogP contribution in [0.5, 0.6) is 0 Å². The highest BCUT2D eigenvalue weighted by atomic mass is 35.5. The largest absolute Gasteiger partial charge is 0.317 e. The Bertz CT molecular complexity index is 274. The number of halogens is 1. The summed E-state index contributed by atoms with van der Waals surface area (Å²) < 4.78 is 21.2. The second-order valence-corrected chi connectivity index (χ2v) is 2.74. The molecule has 0 saturated carbocycles. The lowest BCUT2D eigenvalue weighted by Crippen LogP contribution is -2.23. The molecule has 2 heteroatoms. The first-order valence-electron chi connectivity index (χ1n) is 5.29. The van der Waals surface area contributed by atoms with Crippen LogP contribution in [-0.2, 0) is 6.42 Å². The molecule has 1 nitrogen and oxygen atoms in total. The van der Waals surface area contributed by atoms with E-state index in [0.29, 0.717) is 0 Å². The van der Waals surface area contributed by atoms with Crippen molar-refractivity contribution in [1.82, 2.24) is 5.32 Å². The summed E-state index contributed by atoms with van der Waals surface area (Å²) in [4.78, 5) is 0. The number of benzene rings is 1. The van der Waals surface area contributed by atoms with Crippen LogP contribution in [0.2, 0.25) is 0 Å². The summed E-state index contributed by atoms with van der Waals surface area (Å²) in [6, 6.07) is 9.82. The van der Waals surface area contributed by atoms with E-state index in [1.165, 1.54) is 0 Å². The molecule has 1 aromatic carbocycles. The molecule has 1 aromatic rings. The van der Waals surface area contributed by atoms with E-state index in [-0.39, 0.29) is 18.4 Å². The second kappa shape index (κ2) is 6.04. The molecule has 0 spiro atoms. The minimum atomic E-state index is -2.05. The maximum Gasteiger partial charge on any atom is 0.0391 e. The third-order valence-electron chi connectivity index (χ3n) is 1.63. The van der Waals surface area contributed by atoms with Gasteiger partial charge in [0.1, 0.15) is 0 Å². The van der Waals surface area contributed by atoms with Gasteiger partial charge in [-0.15, -0.1) is 12.4 Å². The molecule has 0 aromatic heterocycles. The highest BCUT2D eigenvalue weighted by molar-refractivity contribution is 5.85. The summed E-state index contributed by atoms with van der Waals surface area (Å²) in [5.74, 6) is 0. The van der Waals surface area contributed by atoms with Crippen molar-refractivity contribution in [2.45, 2.75) is 19.4 Å². The van der Waals surface area contributed by atoms with E-state index in [0.717, 1.165) is 12.0 Å². The number of hydrogen-bond acceptors (Lipinski definition) is 1. The van der Waals surface area contributed by atoms with E-state index in [9.17, 15) is 0 Å². The van der Waals surface area contributed by atoms with Crippen molar-refractivity contribution in [3.8, 4) is 0 Å².